The van der Waals surface area contributed by atoms with Crippen LogP contribution in [0.4, 0.5) is 0 Å². The molecule has 0 saturated carbocycles. The third-order valence-electron chi connectivity index (χ3n) is 2.58. The van der Waals surface area contributed by atoms with Crippen molar-refractivity contribution in [2.24, 2.45) is 0 Å². The van der Waals surface area contributed by atoms with Gasteiger partial charge < -0.3 is 10.2 Å². The molecule has 98 valence electrons. The van der Waals surface area contributed by atoms with Crippen LogP contribution in [0.1, 0.15) is 18.5 Å². The standard InChI is InChI=1S/C14H19NO3/c1-3-9-15(10-11(2)16)13(14(17)18)12-7-5-4-6-8-12/h3-8,11,13,16H,1,9-10H2,2H3,(H,17,18)/t11-,13+/m0/s1. The van der Waals surface area contributed by atoms with E-state index in [0.29, 0.717) is 12.1 Å². The minimum absolute atomic E-state index is 0.290. The Balaban J connectivity index is 3.00. The lowest BCUT2D eigenvalue weighted by Gasteiger charge is -2.29. The first-order valence-electron chi connectivity index (χ1n) is 5.87. The lowest BCUT2D eigenvalue weighted by Crippen LogP contribution is -2.38. The van der Waals surface area contributed by atoms with E-state index < -0.39 is 18.1 Å². The highest BCUT2D eigenvalue weighted by Gasteiger charge is 2.27. The van der Waals surface area contributed by atoms with Crippen LogP contribution >= 0.6 is 0 Å². The van der Waals surface area contributed by atoms with E-state index in [1.54, 1.807) is 42.2 Å². The van der Waals surface area contributed by atoms with Crippen LogP contribution in [-0.4, -0.2) is 40.3 Å². The number of aliphatic carboxylic acids is 1. The molecule has 0 fully saturated rings. The van der Waals surface area contributed by atoms with Crippen molar-refractivity contribution in [1.82, 2.24) is 4.90 Å². The Bertz CT molecular complexity index is 389. The van der Waals surface area contributed by atoms with Crippen LogP contribution < -0.4 is 0 Å². The summed E-state index contributed by atoms with van der Waals surface area (Å²) < 4.78 is 0. The maximum Gasteiger partial charge on any atom is 0.325 e. The van der Waals surface area contributed by atoms with Gasteiger partial charge in [-0.2, -0.15) is 0 Å². The van der Waals surface area contributed by atoms with E-state index in [2.05, 4.69) is 6.58 Å². The Morgan fingerprint density at radius 2 is 2.06 bits per heavy atom. The van der Waals surface area contributed by atoms with Gasteiger partial charge in [0.15, 0.2) is 0 Å². The normalized spacial score (nSPS) is 14.2. The zero-order chi connectivity index (χ0) is 13.5. The molecule has 0 aliphatic carbocycles. The summed E-state index contributed by atoms with van der Waals surface area (Å²) in [4.78, 5) is 13.1. The van der Waals surface area contributed by atoms with Gasteiger partial charge in [-0.1, -0.05) is 36.4 Å². The number of carboxylic acids is 1. The number of carbonyl (C=O) groups is 1. The van der Waals surface area contributed by atoms with Gasteiger partial charge in [0.1, 0.15) is 6.04 Å². The Morgan fingerprint density at radius 3 is 2.50 bits per heavy atom. The number of aliphatic hydroxyl groups is 1. The van der Waals surface area contributed by atoms with Crippen molar-refractivity contribution >= 4 is 5.97 Å². The zero-order valence-corrected chi connectivity index (χ0v) is 10.5. The molecule has 0 radical (unpaired) electrons. The van der Waals surface area contributed by atoms with Crippen LogP contribution in [-0.2, 0) is 4.79 Å². The van der Waals surface area contributed by atoms with Gasteiger partial charge in [0.05, 0.1) is 6.10 Å². The second-order valence-corrected chi connectivity index (χ2v) is 4.24. The Labute approximate surface area is 107 Å². The molecule has 0 spiro atoms. The van der Waals surface area contributed by atoms with Crippen LogP contribution in [0.2, 0.25) is 0 Å². The molecule has 1 aromatic carbocycles. The molecule has 0 aliphatic heterocycles. The first-order chi connectivity index (χ1) is 8.56. The summed E-state index contributed by atoms with van der Waals surface area (Å²) >= 11 is 0. The molecule has 0 aliphatic rings. The molecular formula is C14H19NO3. The highest BCUT2D eigenvalue weighted by Crippen LogP contribution is 2.21. The molecule has 0 aromatic heterocycles. The molecule has 4 heteroatoms. The van der Waals surface area contributed by atoms with E-state index in [1.807, 2.05) is 6.07 Å². The van der Waals surface area contributed by atoms with Crippen LogP contribution in [0.5, 0.6) is 0 Å². The number of nitrogens with zero attached hydrogens (tertiary/aromatic N) is 1. The monoisotopic (exact) mass is 249 g/mol. The zero-order valence-electron chi connectivity index (χ0n) is 10.5. The molecule has 0 bridgehead atoms. The molecule has 2 N–H and O–H groups in total. The number of rotatable bonds is 7. The maximum absolute atomic E-state index is 11.4. The van der Waals surface area contributed by atoms with E-state index in [9.17, 15) is 15.0 Å². The first-order valence-corrected chi connectivity index (χ1v) is 5.87. The number of hydrogen-bond donors (Lipinski definition) is 2. The van der Waals surface area contributed by atoms with Gasteiger partial charge in [0.25, 0.3) is 0 Å². The topological polar surface area (TPSA) is 60.8 Å². The second-order valence-electron chi connectivity index (χ2n) is 4.24. The molecule has 0 saturated heterocycles. The molecule has 4 nitrogen and oxygen atoms in total. The molecule has 1 rings (SSSR count). The number of benzene rings is 1. The van der Waals surface area contributed by atoms with Crippen molar-refractivity contribution < 1.29 is 15.0 Å². The van der Waals surface area contributed by atoms with E-state index in [4.69, 9.17) is 0 Å². The highest BCUT2D eigenvalue weighted by atomic mass is 16.4. The highest BCUT2D eigenvalue weighted by molar-refractivity contribution is 5.75. The fraction of sp³-hybridized carbons (Fsp3) is 0.357. The van der Waals surface area contributed by atoms with Crippen molar-refractivity contribution in [3.8, 4) is 0 Å². The summed E-state index contributed by atoms with van der Waals surface area (Å²) in [6.07, 6.45) is 1.05. The summed E-state index contributed by atoms with van der Waals surface area (Å²) in [5.41, 5.74) is 0.701. The molecule has 1 aromatic rings. The molecule has 0 amide bonds. The number of aliphatic hydroxyl groups excluding tert-OH is 1. The Morgan fingerprint density at radius 1 is 1.44 bits per heavy atom. The van der Waals surface area contributed by atoms with Crippen molar-refractivity contribution in [3.63, 3.8) is 0 Å². The van der Waals surface area contributed by atoms with E-state index in [0.717, 1.165) is 0 Å². The summed E-state index contributed by atoms with van der Waals surface area (Å²) in [5, 5.41) is 18.8. The van der Waals surface area contributed by atoms with Gasteiger partial charge in [-0.15, -0.1) is 6.58 Å². The predicted octanol–water partition coefficient (Wildman–Crippen LogP) is 1.68. The SMILES string of the molecule is C=CCN(C[C@H](C)O)[C@@H](C(=O)O)c1ccccc1. The van der Waals surface area contributed by atoms with Crippen LogP contribution in [0.25, 0.3) is 0 Å². The predicted molar refractivity (Wildman–Crippen MR) is 70.3 cm³/mol. The molecule has 18 heavy (non-hydrogen) atoms. The largest absolute Gasteiger partial charge is 0.480 e. The van der Waals surface area contributed by atoms with Crippen LogP contribution in [0.15, 0.2) is 43.0 Å². The van der Waals surface area contributed by atoms with Gasteiger partial charge in [-0.25, -0.2) is 0 Å². The molecule has 2 atom stereocenters. The Kier molecular flexibility index (Phi) is 5.55. The third kappa shape index (κ3) is 3.98. The minimum Gasteiger partial charge on any atom is -0.480 e. The van der Waals surface area contributed by atoms with Gasteiger partial charge in [-0.3, -0.25) is 9.69 Å². The quantitative estimate of drug-likeness (QED) is 0.722. The maximum atomic E-state index is 11.4. The molecular weight excluding hydrogens is 230 g/mol. The van der Waals surface area contributed by atoms with Crippen molar-refractivity contribution in [2.45, 2.75) is 19.1 Å². The summed E-state index contributed by atoms with van der Waals surface area (Å²) in [6, 6.07) is 8.24. The second kappa shape index (κ2) is 6.93. The van der Waals surface area contributed by atoms with Gasteiger partial charge in [0.2, 0.25) is 0 Å². The van der Waals surface area contributed by atoms with Gasteiger partial charge in [-0.05, 0) is 12.5 Å². The van der Waals surface area contributed by atoms with Crippen molar-refractivity contribution in [1.29, 1.82) is 0 Å². The van der Waals surface area contributed by atoms with E-state index >= 15 is 0 Å². The number of carboxylic acid groups (broad SMARTS) is 1. The molecule has 0 unspecified atom stereocenters. The smallest absolute Gasteiger partial charge is 0.325 e. The summed E-state index contributed by atoms with van der Waals surface area (Å²) in [7, 11) is 0. The molecule has 0 heterocycles. The third-order valence-corrected chi connectivity index (χ3v) is 2.58. The van der Waals surface area contributed by atoms with Crippen LogP contribution in [0, 0.1) is 0 Å². The lowest BCUT2D eigenvalue weighted by molar-refractivity contribution is -0.143. The number of hydrogen-bond acceptors (Lipinski definition) is 3. The van der Waals surface area contributed by atoms with E-state index in [1.165, 1.54) is 0 Å². The average molecular weight is 249 g/mol. The average Bonchev–Trinajstić information content (AvgIpc) is 2.29. The summed E-state index contributed by atoms with van der Waals surface area (Å²) in [6.45, 7) is 5.97. The van der Waals surface area contributed by atoms with Crippen molar-refractivity contribution in [2.75, 3.05) is 13.1 Å². The first kappa shape index (κ1) is 14.4. The van der Waals surface area contributed by atoms with Gasteiger partial charge >= 0.3 is 5.97 Å². The minimum atomic E-state index is -0.927. The van der Waals surface area contributed by atoms with Crippen molar-refractivity contribution in [3.05, 3.63) is 48.6 Å². The lowest BCUT2D eigenvalue weighted by atomic mass is 10.0. The van der Waals surface area contributed by atoms with E-state index in [-0.39, 0.29) is 6.54 Å². The van der Waals surface area contributed by atoms with Gasteiger partial charge in [0, 0.05) is 13.1 Å². The fourth-order valence-corrected chi connectivity index (χ4v) is 1.94. The fourth-order valence-electron chi connectivity index (χ4n) is 1.94. The Hall–Kier alpha value is -1.65. The van der Waals surface area contributed by atoms with Crippen LogP contribution in [0.3, 0.4) is 0 Å². The summed E-state index contributed by atoms with van der Waals surface area (Å²) in [5.74, 6) is -0.927.